The van der Waals surface area contributed by atoms with Crippen molar-refractivity contribution in [2.24, 2.45) is 0 Å². The van der Waals surface area contributed by atoms with Gasteiger partial charge in [-0.3, -0.25) is 4.79 Å². The van der Waals surface area contributed by atoms with Crippen molar-refractivity contribution >= 4 is 11.9 Å². The standard InChI is InChI=1S/C18H36O3.C7H12O3/c1-2-3-4-11-14-17(19)15-12-9-7-5-6-8-10-13-16-18(20)21;1-5(2)7(9)10-4-6(3)8/h17,19H,2-16H2,1H3,(H,20,21);6,8H,1,4H2,2-3H3. The summed E-state index contributed by atoms with van der Waals surface area (Å²) >= 11 is 0. The van der Waals surface area contributed by atoms with Gasteiger partial charge in [-0.2, -0.15) is 0 Å². The fourth-order valence-electron chi connectivity index (χ4n) is 2.99. The summed E-state index contributed by atoms with van der Waals surface area (Å²) in [5, 5.41) is 27.0. The molecule has 0 amide bonds. The fraction of sp³-hybridized carbons (Fsp3) is 0.840. The number of hydrogen-bond acceptors (Lipinski definition) is 5. The number of carboxylic acids is 1. The predicted octanol–water partition coefficient (Wildman–Crippen LogP) is 5.79. The number of ether oxygens (including phenoxy) is 1. The molecule has 31 heavy (non-hydrogen) atoms. The third-order valence-corrected chi connectivity index (χ3v) is 4.87. The van der Waals surface area contributed by atoms with Crippen molar-refractivity contribution in [1.82, 2.24) is 0 Å². The van der Waals surface area contributed by atoms with Crippen LogP contribution in [-0.2, 0) is 14.3 Å². The number of aliphatic hydroxyl groups excluding tert-OH is 2. The van der Waals surface area contributed by atoms with E-state index in [1.54, 1.807) is 13.8 Å². The lowest BCUT2D eigenvalue weighted by atomic mass is 10.0. The van der Waals surface area contributed by atoms with E-state index in [0.717, 1.165) is 38.5 Å². The molecule has 0 aromatic carbocycles. The van der Waals surface area contributed by atoms with E-state index in [9.17, 15) is 14.7 Å². The highest BCUT2D eigenvalue weighted by molar-refractivity contribution is 5.86. The van der Waals surface area contributed by atoms with Crippen molar-refractivity contribution in [3.05, 3.63) is 12.2 Å². The Kier molecular flexibility index (Phi) is 23.9. The number of aliphatic hydroxyl groups is 2. The van der Waals surface area contributed by atoms with Crippen molar-refractivity contribution < 1.29 is 29.6 Å². The summed E-state index contributed by atoms with van der Waals surface area (Å²) in [4.78, 5) is 21.0. The Bertz CT molecular complexity index is 447. The van der Waals surface area contributed by atoms with Crippen LogP contribution in [0.15, 0.2) is 12.2 Å². The molecule has 0 spiro atoms. The number of carboxylic acid groups (broad SMARTS) is 1. The van der Waals surface area contributed by atoms with Gasteiger partial charge in [0.15, 0.2) is 0 Å². The van der Waals surface area contributed by atoms with Gasteiger partial charge in [-0.1, -0.05) is 84.1 Å². The minimum atomic E-state index is -0.678. The second-order valence-electron chi connectivity index (χ2n) is 8.49. The third kappa shape index (κ3) is 28.6. The normalized spacial score (nSPS) is 12.4. The number of hydrogen-bond donors (Lipinski definition) is 3. The molecule has 0 aliphatic rings. The zero-order valence-electron chi connectivity index (χ0n) is 20.2. The first kappa shape index (κ1) is 31.8. The molecule has 0 radical (unpaired) electrons. The molecule has 6 heteroatoms. The maximum absolute atomic E-state index is 10.6. The van der Waals surface area contributed by atoms with Crippen molar-refractivity contribution in [2.45, 2.75) is 129 Å². The van der Waals surface area contributed by atoms with Gasteiger partial charge in [-0.25, -0.2) is 4.79 Å². The zero-order valence-corrected chi connectivity index (χ0v) is 20.2. The molecule has 184 valence electrons. The van der Waals surface area contributed by atoms with Crippen LogP contribution in [0.3, 0.4) is 0 Å². The predicted molar refractivity (Wildman–Crippen MR) is 126 cm³/mol. The Hall–Kier alpha value is -1.40. The van der Waals surface area contributed by atoms with Crippen molar-refractivity contribution in [3.8, 4) is 0 Å². The van der Waals surface area contributed by atoms with Gasteiger partial charge in [-0.15, -0.1) is 0 Å². The Morgan fingerprint density at radius 3 is 1.71 bits per heavy atom. The number of aliphatic carboxylic acids is 1. The maximum Gasteiger partial charge on any atom is 0.333 e. The fourth-order valence-corrected chi connectivity index (χ4v) is 2.99. The lowest BCUT2D eigenvalue weighted by Crippen LogP contribution is -2.15. The Morgan fingerprint density at radius 2 is 1.29 bits per heavy atom. The monoisotopic (exact) mass is 444 g/mol. The molecule has 0 aliphatic heterocycles. The average molecular weight is 445 g/mol. The van der Waals surface area contributed by atoms with Crippen LogP contribution in [0.1, 0.15) is 117 Å². The van der Waals surface area contributed by atoms with Gasteiger partial charge in [0.2, 0.25) is 0 Å². The molecule has 6 nitrogen and oxygen atoms in total. The highest BCUT2D eigenvalue weighted by Gasteiger charge is 2.04. The molecule has 0 saturated heterocycles. The van der Waals surface area contributed by atoms with E-state index in [-0.39, 0.29) is 12.7 Å². The van der Waals surface area contributed by atoms with Crippen LogP contribution in [-0.4, -0.2) is 46.1 Å². The van der Waals surface area contributed by atoms with E-state index in [4.69, 9.17) is 10.2 Å². The Morgan fingerprint density at radius 1 is 0.839 bits per heavy atom. The minimum absolute atomic E-state index is 0.0334. The topological polar surface area (TPSA) is 104 Å². The van der Waals surface area contributed by atoms with Gasteiger partial charge < -0.3 is 20.1 Å². The molecule has 2 unspecified atom stereocenters. The second-order valence-corrected chi connectivity index (χ2v) is 8.49. The number of unbranched alkanes of at least 4 members (excludes halogenated alkanes) is 10. The Balaban J connectivity index is 0. The number of rotatable bonds is 19. The van der Waals surface area contributed by atoms with Crippen molar-refractivity contribution in [2.75, 3.05) is 6.61 Å². The molecule has 0 rings (SSSR count). The number of esters is 1. The molecular formula is C25H48O6. The summed E-state index contributed by atoms with van der Waals surface area (Å²) in [5.41, 5.74) is 0.348. The molecule has 2 atom stereocenters. The summed E-state index contributed by atoms with van der Waals surface area (Å²) in [6.45, 7) is 8.73. The zero-order chi connectivity index (χ0) is 23.9. The molecule has 0 bridgehead atoms. The molecule has 3 N–H and O–H groups in total. The van der Waals surface area contributed by atoms with Gasteiger partial charge in [0.1, 0.15) is 6.61 Å². The van der Waals surface area contributed by atoms with E-state index in [2.05, 4.69) is 18.2 Å². The van der Waals surface area contributed by atoms with Crippen LogP contribution in [0.25, 0.3) is 0 Å². The van der Waals surface area contributed by atoms with Crippen LogP contribution in [0.2, 0.25) is 0 Å². The molecule has 0 aromatic rings. The summed E-state index contributed by atoms with van der Waals surface area (Å²) in [7, 11) is 0. The second kappa shape index (κ2) is 23.3. The highest BCUT2D eigenvalue weighted by Crippen LogP contribution is 2.14. The van der Waals surface area contributed by atoms with E-state index >= 15 is 0 Å². The summed E-state index contributed by atoms with van der Waals surface area (Å²) in [6.07, 6.45) is 15.7. The van der Waals surface area contributed by atoms with E-state index < -0.39 is 18.0 Å². The van der Waals surface area contributed by atoms with Gasteiger partial charge in [0.25, 0.3) is 0 Å². The van der Waals surface area contributed by atoms with Crippen molar-refractivity contribution in [1.29, 1.82) is 0 Å². The largest absolute Gasteiger partial charge is 0.481 e. The first-order chi connectivity index (χ1) is 14.7. The smallest absolute Gasteiger partial charge is 0.333 e. The maximum atomic E-state index is 10.6. The molecule has 0 aromatic heterocycles. The quantitative estimate of drug-likeness (QED) is 0.132. The van der Waals surface area contributed by atoms with E-state index in [1.165, 1.54) is 51.4 Å². The highest BCUT2D eigenvalue weighted by atomic mass is 16.5. The van der Waals surface area contributed by atoms with Crippen LogP contribution in [0, 0.1) is 0 Å². The summed E-state index contributed by atoms with van der Waals surface area (Å²) in [5.74, 6) is -1.14. The Labute approximate surface area is 190 Å². The lowest BCUT2D eigenvalue weighted by Gasteiger charge is -2.10. The molecule has 0 fully saturated rings. The van der Waals surface area contributed by atoms with Crippen LogP contribution in [0.4, 0.5) is 0 Å². The number of carbonyl (C=O) groups is 2. The van der Waals surface area contributed by atoms with Gasteiger partial charge in [0, 0.05) is 12.0 Å². The molecule has 0 saturated carbocycles. The summed E-state index contributed by atoms with van der Waals surface area (Å²) in [6, 6.07) is 0. The van der Waals surface area contributed by atoms with E-state index in [0.29, 0.717) is 12.0 Å². The lowest BCUT2D eigenvalue weighted by molar-refractivity contribution is -0.141. The van der Waals surface area contributed by atoms with Gasteiger partial charge >= 0.3 is 11.9 Å². The van der Waals surface area contributed by atoms with Crippen LogP contribution >= 0.6 is 0 Å². The van der Waals surface area contributed by atoms with Crippen molar-refractivity contribution in [3.63, 3.8) is 0 Å². The van der Waals surface area contributed by atoms with Gasteiger partial charge in [-0.05, 0) is 33.1 Å². The summed E-state index contributed by atoms with van der Waals surface area (Å²) < 4.78 is 4.58. The van der Waals surface area contributed by atoms with Gasteiger partial charge in [0.05, 0.1) is 12.2 Å². The SMILES string of the molecule is C=C(C)C(=O)OCC(C)O.CCCCCCC(O)CCCCCCCCCCC(=O)O. The first-order valence-electron chi connectivity index (χ1n) is 12.1. The molecule has 0 aliphatic carbocycles. The van der Waals surface area contributed by atoms with Crippen LogP contribution < -0.4 is 0 Å². The molecular weight excluding hydrogens is 396 g/mol. The molecule has 0 heterocycles. The minimum Gasteiger partial charge on any atom is -0.481 e. The average Bonchev–Trinajstić information content (AvgIpc) is 2.70. The number of carbonyl (C=O) groups excluding carboxylic acids is 1. The first-order valence-corrected chi connectivity index (χ1v) is 12.1. The van der Waals surface area contributed by atoms with Crippen LogP contribution in [0.5, 0.6) is 0 Å². The van der Waals surface area contributed by atoms with E-state index in [1.807, 2.05) is 0 Å². The third-order valence-electron chi connectivity index (χ3n) is 4.87.